The first-order valence-corrected chi connectivity index (χ1v) is 16.0. The molecule has 2 aliphatic heterocycles. The Labute approximate surface area is 254 Å². The molecule has 0 atom stereocenters. The molecule has 3 N–H and O–H groups in total. The van der Waals surface area contributed by atoms with Crippen LogP contribution in [0.25, 0.3) is 0 Å². The lowest BCUT2D eigenvalue weighted by atomic mass is 9.84. The van der Waals surface area contributed by atoms with Gasteiger partial charge in [0.25, 0.3) is 5.91 Å². The van der Waals surface area contributed by atoms with Crippen LogP contribution in [0.1, 0.15) is 48.3 Å². The number of carbonyl (C=O) groups excluding carboxylic acids is 2. The highest BCUT2D eigenvalue weighted by atomic mass is 32.2. The third-order valence-corrected chi connectivity index (χ3v) is 10.2. The van der Waals surface area contributed by atoms with Crippen LogP contribution >= 0.6 is 0 Å². The lowest BCUT2D eigenvalue weighted by Gasteiger charge is -2.36. The number of anilines is 3. The van der Waals surface area contributed by atoms with Crippen LogP contribution in [0.15, 0.2) is 41.3 Å². The predicted octanol–water partition coefficient (Wildman–Crippen LogP) is 3.52. The van der Waals surface area contributed by atoms with Gasteiger partial charge in [-0.05, 0) is 50.2 Å². The molecule has 1 saturated carbocycles. The van der Waals surface area contributed by atoms with Crippen molar-refractivity contribution < 1.29 is 26.8 Å². The van der Waals surface area contributed by atoms with Gasteiger partial charge in [-0.2, -0.15) is 9.40 Å². The van der Waals surface area contributed by atoms with Crippen LogP contribution in [0.2, 0.25) is 0 Å². The van der Waals surface area contributed by atoms with E-state index >= 15 is 0 Å². The summed E-state index contributed by atoms with van der Waals surface area (Å²) in [6.45, 7) is 6.88. The van der Waals surface area contributed by atoms with E-state index in [9.17, 15) is 26.8 Å². The van der Waals surface area contributed by atoms with Gasteiger partial charge in [-0.1, -0.05) is 13.8 Å². The standard InChI is InChI=1S/C30H35F2N7O4S/c1-30(2)17-39(44(42,43)22-13-19(31)12-20(32)14-22)16-24-26(30)35-36-27(24)34-29(41)23-7-6-21(38-10-8-37(3)9-11-38)15-25(23)33-28(40)18-4-5-18/h6-7,12-15,18H,4-5,8-11,16-17H2,1-3H3,(H,33,40)(H2,34,35,36,41). The third-order valence-electron chi connectivity index (χ3n) is 8.48. The molecule has 6 rings (SSSR count). The van der Waals surface area contributed by atoms with E-state index in [4.69, 9.17) is 0 Å². The molecule has 0 spiro atoms. The van der Waals surface area contributed by atoms with Gasteiger partial charge in [0.1, 0.15) is 11.6 Å². The first-order valence-electron chi connectivity index (χ1n) is 14.6. The number of carbonyl (C=O) groups is 2. The summed E-state index contributed by atoms with van der Waals surface area (Å²) < 4.78 is 55.9. The average molecular weight is 628 g/mol. The zero-order valence-electron chi connectivity index (χ0n) is 24.8. The van der Waals surface area contributed by atoms with E-state index in [-0.39, 0.29) is 36.3 Å². The number of aromatic nitrogens is 2. The van der Waals surface area contributed by atoms with Gasteiger partial charge in [-0.25, -0.2) is 17.2 Å². The maximum atomic E-state index is 13.9. The second-order valence-electron chi connectivity index (χ2n) is 12.4. The Bertz CT molecular complexity index is 1710. The van der Waals surface area contributed by atoms with E-state index in [1.807, 2.05) is 26.0 Å². The minimum atomic E-state index is -4.29. The number of rotatable bonds is 7. The van der Waals surface area contributed by atoms with Crippen LogP contribution in [-0.4, -0.2) is 79.4 Å². The molecular formula is C30H35F2N7O4S. The molecule has 2 fully saturated rings. The van der Waals surface area contributed by atoms with Crippen molar-refractivity contribution in [3.8, 4) is 0 Å². The van der Waals surface area contributed by atoms with Gasteiger partial charge in [0, 0.05) is 73.6 Å². The van der Waals surface area contributed by atoms with Crippen molar-refractivity contribution in [1.82, 2.24) is 19.4 Å². The van der Waals surface area contributed by atoms with Gasteiger partial charge in [-0.15, -0.1) is 0 Å². The molecule has 2 amide bonds. The molecule has 0 bridgehead atoms. The van der Waals surface area contributed by atoms with Gasteiger partial charge in [0.15, 0.2) is 5.82 Å². The van der Waals surface area contributed by atoms with Crippen molar-refractivity contribution in [3.05, 3.63) is 64.9 Å². The van der Waals surface area contributed by atoms with Gasteiger partial charge in [0.2, 0.25) is 15.9 Å². The Morgan fingerprint density at radius 2 is 1.68 bits per heavy atom. The van der Waals surface area contributed by atoms with Crippen LogP contribution in [0.5, 0.6) is 0 Å². The number of aromatic amines is 1. The number of piperazine rings is 1. The second-order valence-corrected chi connectivity index (χ2v) is 14.4. The largest absolute Gasteiger partial charge is 0.369 e. The number of nitrogens with zero attached hydrogens (tertiary/aromatic N) is 4. The molecule has 234 valence electrons. The van der Waals surface area contributed by atoms with Gasteiger partial charge >= 0.3 is 0 Å². The number of likely N-dealkylation sites (N-methyl/N-ethyl adjacent to an activating group) is 1. The van der Waals surface area contributed by atoms with E-state index in [0.717, 1.165) is 61.1 Å². The van der Waals surface area contributed by atoms with Crippen molar-refractivity contribution in [2.24, 2.45) is 5.92 Å². The first kappa shape index (κ1) is 30.2. The summed E-state index contributed by atoms with van der Waals surface area (Å²) in [7, 11) is -2.23. The van der Waals surface area contributed by atoms with Crippen molar-refractivity contribution in [3.63, 3.8) is 0 Å². The molecular weight excluding hydrogens is 592 g/mol. The fourth-order valence-corrected chi connectivity index (χ4v) is 7.39. The first-order chi connectivity index (χ1) is 20.8. The number of amides is 2. The molecule has 3 aromatic rings. The minimum Gasteiger partial charge on any atom is -0.369 e. The number of halogens is 2. The summed E-state index contributed by atoms with van der Waals surface area (Å²) in [6, 6.07) is 7.51. The molecule has 44 heavy (non-hydrogen) atoms. The van der Waals surface area contributed by atoms with Crippen molar-refractivity contribution in [2.75, 3.05) is 55.3 Å². The van der Waals surface area contributed by atoms with Gasteiger partial charge < -0.3 is 20.4 Å². The molecule has 11 nitrogen and oxygen atoms in total. The monoisotopic (exact) mass is 627 g/mol. The summed E-state index contributed by atoms with van der Waals surface area (Å²) in [5.74, 6) is -2.60. The lowest BCUT2D eigenvalue weighted by molar-refractivity contribution is -0.117. The zero-order chi connectivity index (χ0) is 31.4. The summed E-state index contributed by atoms with van der Waals surface area (Å²) >= 11 is 0. The Morgan fingerprint density at radius 3 is 2.34 bits per heavy atom. The number of nitrogens with one attached hydrogen (secondary N) is 3. The third kappa shape index (κ3) is 5.93. The van der Waals surface area contributed by atoms with Gasteiger partial charge in [0.05, 0.1) is 16.1 Å². The van der Waals surface area contributed by atoms with Crippen molar-refractivity contribution in [1.29, 1.82) is 0 Å². The van der Waals surface area contributed by atoms with Crippen molar-refractivity contribution in [2.45, 2.75) is 43.5 Å². The topological polar surface area (TPSA) is 131 Å². The zero-order valence-corrected chi connectivity index (χ0v) is 25.6. The average Bonchev–Trinajstić information content (AvgIpc) is 3.74. The van der Waals surface area contributed by atoms with Crippen LogP contribution in [0.3, 0.4) is 0 Å². The molecule has 0 unspecified atom stereocenters. The number of hydrogen-bond donors (Lipinski definition) is 3. The Balaban J connectivity index is 1.29. The maximum absolute atomic E-state index is 13.9. The number of hydrogen-bond acceptors (Lipinski definition) is 7. The maximum Gasteiger partial charge on any atom is 0.258 e. The molecule has 0 radical (unpaired) electrons. The smallest absolute Gasteiger partial charge is 0.258 e. The number of benzene rings is 2. The van der Waals surface area contributed by atoms with E-state index in [0.29, 0.717) is 23.0 Å². The molecule has 3 aliphatic rings. The number of H-pyrrole nitrogens is 1. The molecule has 1 saturated heterocycles. The van der Waals surface area contributed by atoms with Crippen LogP contribution < -0.4 is 15.5 Å². The summed E-state index contributed by atoms with van der Waals surface area (Å²) in [6.07, 6.45) is 1.62. The highest BCUT2D eigenvalue weighted by Crippen LogP contribution is 2.38. The number of fused-ring (bicyclic) bond motifs is 1. The lowest BCUT2D eigenvalue weighted by Crippen LogP contribution is -2.45. The second kappa shape index (κ2) is 11.2. The van der Waals surface area contributed by atoms with Crippen LogP contribution in [-0.2, 0) is 26.8 Å². The minimum absolute atomic E-state index is 0.0150. The number of sulfonamides is 1. The fourth-order valence-electron chi connectivity index (χ4n) is 5.78. The quantitative estimate of drug-likeness (QED) is 0.366. The Hall–Kier alpha value is -3.88. The SMILES string of the molecule is CN1CCN(c2ccc(C(=O)Nc3n[nH]c4c3CN(S(=O)(=O)c3cc(F)cc(F)c3)CC4(C)C)c(NC(=O)C3CC3)c2)CC1. The van der Waals surface area contributed by atoms with Crippen LogP contribution in [0.4, 0.5) is 26.0 Å². The molecule has 3 heterocycles. The van der Waals surface area contributed by atoms with Gasteiger partial charge in [-0.3, -0.25) is 14.7 Å². The van der Waals surface area contributed by atoms with Crippen LogP contribution in [0, 0.1) is 17.6 Å². The van der Waals surface area contributed by atoms with E-state index in [1.165, 1.54) is 0 Å². The molecule has 1 aliphatic carbocycles. The van der Waals surface area contributed by atoms with E-state index in [1.54, 1.807) is 6.07 Å². The van der Waals surface area contributed by atoms with Crippen molar-refractivity contribution >= 4 is 39.0 Å². The summed E-state index contributed by atoms with van der Waals surface area (Å²) in [5, 5.41) is 13.0. The highest BCUT2D eigenvalue weighted by Gasteiger charge is 2.41. The normalized spacial score (nSPS) is 19.0. The Kier molecular flexibility index (Phi) is 7.70. The van der Waals surface area contributed by atoms with E-state index < -0.39 is 37.9 Å². The Morgan fingerprint density at radius 1 is 1.00 bits per heavy atom. The fraction of sp³-hybridized carbons (Fsp3) is 0.433. The summed E-state index contributed by atoms with van der Waals surface area (Å²) in [5.41, 5.74) is 1.83. The summed E-state index contributed by atoms with van der Waals surface area (Å²) in [4.78, 5) is 30.4. The van der Waals surface area contributed by atoms with E-state index in [2.05, 4.69) is 37.7 Å². The molecule has 1 aromatic heterocycles. The predicted molar refractivity (Wildman–Crippen MR) is 161 cm³/mol. The highest BCUT2D eigenvalue weighted by molar-refractivity contribution is 7.89. The molecule has 14 heteroatoms. The molecule has 2 aromatic carbocycles.